The molecular formula is C17H18N2O2. The van der Waals surface area contributed by atoms with E-state index in [-0.39, 0.29) is 11.8 Å². The molecule has 2 rings (SSSR count). The van der Waals surface area contributed by atoms with Gasteiger partial charge in [0.25, 0.3) is 0 Å². The number of amides is 2. The van der Waals surface area contributed by atoms with Gasteiger partial charge in [-0.1, -0.05) is 24.3 Å². The fourth-order valence-corrected chi connectivity index (χ4v) is 2.16. The second-order valence-corrected chi connectivity index (χ2v) is 4.94. The Bertz CT molecular complexity index is 608. The molecule has 0 aromatic heterocycles. The normalized spacial score (nSPS) is 10.0. The first-order valence-corrected chi connectivity index (χ1v) is 6.76. The standard InChI is InChI=1S/C17H18N2O2/c1-12(20)18-16-7-3-5-14(10-16)9-15-6-4-8-17(11-15)19-13(2)21/h3-8,10-11H,9H2,1-2H3,(H,18,20)(H,19,21). The van der Waals surface area contributed by atoms with Crippen molar-refractivity contribution in [3.63, 3.8) is 0 Å². The Hall–Kier alpha value is -2.62. The van der Waals surface area contributed by atoms with Gasteiger partial charge in [-0.15, -0.1) is 0 Å². The molecule has 21 heavy (non-hydrogen) atoms. The highest BCUT2D eigenvalue weighted by molar-refractivity contribution is 5.89. The van der Waals surface area contributed by atoms with Gasteiger partial charge in [-0.2, -0.15) is 0 Å². The van der Waals surface area contributed by atoms with E-state index in [1.165, 1.54) is 13.8 Å². The molecule has 4 heteroatoms. The average Bonchev–Trinajstić information content (AvgIpc) is 2.37. The molecule has 108 valence electrons. The van der Waals surface area contributed by atoms with Crippen LogP contribution < -0.4 is 10.6 Å². The summed E-state index contributed by atoms with van der Waals surface area (Å²) in [7, 11) is 0. The molecular weight excluding hydrogens is 264 g/mol. The summed E-state index contributed by atoms with van der Waals surface area (Å²) in [6, 6.07) is 15.5. The number of carbonyl (C=O) groups excluding carboxylic acids is 2. The van der Waals surface area contributed by atoms with E-state index in [0.29, 0.717) is 0 Å². The number of carbonyl (C=O) groups is 2. The van der Waals surface area contributed by atoms with Crippen molar-refractivity contribution in [2.75, 3.05) is 10.6 Å². The fraction of sp³-hybridized carbons (Fsp3) is 0.176. The topological polar surface area (TPSA) is 58.2 Å². The van der Waals surface area contributed by atoms with Crippen LogP contribution in [0, 0.1) is 0 Å². The monoisotopic (exact) mass is 282 g/mol. The van der Waals surface area contributed by atoms with E-state index in [4.69, 9.17) is 0 Å². The third-order valence-corrected chi connectivity index (χ3v) is 2.90. The zero-order chi connectivity index (χ0) is 15.2. The van der Waals surface area contributed by atoms with Gasteiger partial charge in [0, 0.05) is 25.2 Å². The van der Waals surface area contributed by atoms with Crippen molar-refractivity contribution in [3.8, 4) is 0 Å². The summed E-state index contributed by atoms with van der Waals surface area (Å²) in [4.78, 5) is 22.2. The molecule has 4 nitrogen and oxygen atoms in total. The van der Waals surface area contributed by atoms with Gasteiger partial charge in [0.05, 0.1) is 0 Å². The number of benzene rings is 2. The summed E-state index contributed by atoms with van der Waals surface area (Å²) in [5, 5.41) is 5.55. The molecule has 0 aliphatic carbocycles. The SMILES string of the molecule is CC(=O)Nc1cccc(Cc2cccc(NC(C)=O)c2)c1. The molecule has 0 aliphatic heterocycles. The smallest absolute Gasteiger partial charge is 0.221 e. The summed E-state index contributed by atoms with van der Waals surface area (Å²) in [6.45, 7) is 2.98. The van der Waals surface area contributed by atoms with Crippen LogP contribution in [-0.4, -0.2) is 11.8 Å². The van der Waals surface area contributed by atoms with E-state index < -0.39 is 0 Å². The zero-order valence-electron chi connectivity index (χ0n) is 12.1. The lowest BCUT2D eigenvalue weighted by Gasteiger charge is -2.08. The van der Waals surface area contributed by atoms with Crippen molar-refractivity contribution < 1.29 is 9.59 Å². The van der Waals surface area contributed by atoms with Gasteiger partial charge in [0.2, 0.25) is 11.8 Å². The van der Waals surface area contributed by atoms with Crippen LogP contribution >= 0.6 is 0 Å². The number of rotatable bonds is 4. The highest BCUT2D eigenvalue weighted by Gasteiger charge is 2.02. The lowest BCUT2D eigenvalue weighted by atomic mass is 10.0. The van der Waals surface area contributed by atoms with Crippen molar-refractivity contribution in [1.82, 2.24) is 0 Å². The van der Waals surface area contributed by atoms with Gasteiger partial charge < -0.3 is 10.6 Å². The van der Waals surface area contributed by atoms with Gasteiger partial charge >= 0.3 is 0 Å². The summed E-state index contributed by atoms with van der Waals surface area (Å²) >= 11 is 0. The van der Waals surface area contributed by atoms with Crippen molar-refractivity contribution in [3.05, 3.63) is 59.7 Å². The fourth-order valence-electron chi connectivity index (χ4n) is 2.16. The molecule has 0 saturated heterocycles. The summed E-state index contributed by atoms with van der Waals surface area (Å²) in [5.74, 6) is -0.167. The van der Waals surface area contributed by atoms with Crippen LogP contribution in [0.2, 0.25) is 0 Å². The Kier molecular flexibility index (Phi) is 4.72. The highest BCUT2D eigenvalue weighted by atomic mass is 16.2. The molecule has 0 spiro atoms. The molecule has 0 bridgehead atoms. The van der Waals surface area contributed by atoms with Gasteiger partial charge in [-0.3, -0.25) is 9.59 Å². The minimum Gasteiger partial charge on any atom is -0.326 e. The van der Waals surface area contributed by atoms with Crippen LogP contribution in [0.3, 0.4) is 0 Å². The minimum atomic E-state index is -0.0835. The third kappa shape index (κ3) is 4.76. The first-order valence-electron chi connectivity index (χ1n) is 6.76. The first kappa shape index (κ1) is 14.8. The van der Waals surface area contributed by atoms with Crippen molar-refractivity contribution in [1.29, 1.82) is 0 Å². The van der Waals surface area contributed by atoms with E-state index in [0.717, 1.165) is 28.9 Å². The maximum Gasteiger partial charge on any atom is 0.221 e. The lowest BCUT2D eigenvalue weighted by Crippen LogP contribution is -2.06. The van der Waals surface area contributed by atoms with E-state index in [1.54, 1.807) is 0 Å². The quantitative estimate of drug-likeness (QED) is 0.904. The number of nitrogens with one attached hydrogen (secondary N) is 2. The molecule has 0 saturated carbocycles. The van der Waals surface area contributed by atoms with E-state index in [9.17, 15) is 9.59 Å². The Balaban J connectivity index is 2.14. The predicted octanol–water partition coefficient (Wildman–Crippen LogP) is 3.19. The summed E-state index contributed by atoms with van der Waals surface area (Å²) in [5.41, 5.74) is 3.78. The molecule has 0 unspecified atom stereocenters. The second kappa shape index (κ2) is 6.70. The van der Waals surface area contributed by atoms with Crippen LogP contribution in [0.4, 0.5) is 11.4 Å². The number of anilines is 2. The average molecular weight is 282 g/mol. The van der Waals surface area contributed by atoms with Crippen LogP contribution in [0.1, 0.15) is 25.0 Å². The van der Waals surface area contributed by atoms with Gasteiger partial charge in [0.15, 0.2) is 0 Å². The highest BCUT2D eigenvalue weighted by Crippen LogP contribution is 2.17. The van der Waals surface area contributed by atoms with Crippen molar-refractivity contribution in [2.45, 2.75) is 20.3 Å². The summed E-state index contributed by atoms with van der Waals surface area (Å²) in [6.07, 6.45) is 0.737. The first-order chi connectivity index (χ1) is 10.0. The number of hydrogen-bond acceptors (Lipinski definition) is 2. The van der Waals surface area contributed by atoms with Crippen molar-refractivity contribution in [2.24, 2.45) is 0 Å². The molecule has 0 atom stereocenters. The third-order valence-electron chi connectivity index (χ3n) is 2.90. The van der Waals surface area contributed by atoms with Crippen LogP contribution in [-0.2, 0) is 16.0 Å². The molecule has 2 amide bonds. The molecule has 0 heterocycles. The molecule has 0 radical (unpaired) electrons. The number of hydrogen-bond donors (Lipinski definition) is 2. The maximum absolute atomic E-state index is 11.1. The summed E-state index contributed by atoms with van der Waals surface area (Å²) < 4.78 is 0. The molecule has 2 aromatic rings. The zero-order valence-corrected chi connectivity index (χ0v) is 12.1. The molecule has 0 fully saturated rings. The van der Waals surface area contributed by atoms with E-state index >= 15 is 0 Å². The minimum absolute atomic E-state index is 0.0835. The van der Waals surface area contributed by atoms with E-state index in [1.807, 2.05) is 48.5 Å². The van der Waals surface area contributed by atoms with Gasteiger partial charge in [0.1, 0.15) is 0 Å². The Morgan fingerprint density at radius 2 is 1.24 bits per heavy atom. The van der Waals surface area contributed by atoms with Crippen molar-refractivity contribution >= 4 is 23.2 Å². The Labute approximate surface area is 124 Å². The largest absolute Gasteiger partial charge is 0.326 e. The Morgan fingerprint density at radius 1 is 0.810 bits per heavy atom. The molecule has 2 aromatic carbocycles. The van der Waals surface area contributed by atoms with Crippen LogP contribution in [0.5, 0.6) is 0 Å². The molecule has 0 aliphatic rings. The maximum atomic E-state index is 11.1. The Morgan fingerprint density at radius 3 is 1.62 bits per heavy atom. The molecule has 2 N–H and O–H groups in total. The van der Waals surface area contributed by atoms with Gasteiger partial charge in [-0.25, -0.2) is 0 Å². The van der Waals surface area contributed by atoms with Gasteiger partial charge in [-0.05, 0) is 41.8 Å². The predicted molar refractivity (Wildman–Crippen MR) is 84.3 cm³/mol. The lowest BCUT2D eigenvalue weighted by molar-refractivity contribution is -0.115. The van der Waals surface area contributed by atoms with Crippen LogP contribution in [0.25, 0.3) is 0 Å². The second-order valence-electron chi connectivity index (χ2n) is 4.94. The van der Waals surface area contributed by atoms with Crippen LogP contribution in [0.15, 0.2) is 48.5 Å². The van der Waals surface area contributed by atoms with E-state index in [2.05, 4.69) is 10.6 Å².